The molecule has 0 saturated carbocycles. The fraction of sp³-hybridized carbons (Fsp3) is 0.500. The van der Waals surface area contributed by atoms with E-state index in [0.29, 0.717) is 29.3 Å². The standard InChI is InChI=1S/C10H11ClN4O2/c11-8-3-9(15-10(14-8)12-6-13-15)17-5-7-1-2-16-4-7/h3,6-7H,1-2,4-5H2. The van der Waals surface area contributed by atoms with Crippen molar-refractivity contribution in [3.8, 4) is 5.88 Å². The first-order chi connectivity index (χ1) is 8.33. The smallest absolute Gasteiger partial charge is 0.256 e. The Morgan fingerprint density at radius 1 is 1.59 bits per heavy atom. The van der Waals surface area contributed by atoms with Crippen molar-refractivity contribution in [2.24, 2.45) is 5.92 Å². The minimum atomic E-state index is 0.350. The zero-order valence-corrected chi connectivity index (χ0v) is 9.80. The highest BCUT2D eigenvalue weighted by Crippen LogP contribution is 2.19. The molecule has 3 rings (SSSR count). The zero-order chi connectivity index (χ0) is 11.7. The first-order valence-corrected chi connectivity index (χ1v) is 5.77. The van der Waals surface area contributed by atoms with Crippen LogP contribution in [0.25, 0.3) is 5.78 Å². The second kappa shape index (κ2) is 4.46. The number of rotatable bonds is 3. The third-order valence-electron chi connectivity index (χ3n) is 2.68. The highest BCUT2D eigenvalue weighted by molar-refractivity contribution is 6.29. The summed E-state index contributed by atoms with van der Waals surface area (Å²) >= 11 is 5.88. The maximum Gasteiger partial charge on any atom is 0.256 e. The molecule has 7 heteroatoms. The predicted octanol–water partition coefficient (Wildman–Crippen LogP) is 1.19. The van der Waals surface area contributed by atoms with Gasteiger partial charge in [0.1, 0.15) is 11.5 Å². The maximum absolute atomic E-state index is 5.88. The molecule has 0 aromatic carbocycles. The summed E-state index contributed by atoms with van der Waals surface area (Å²) in [4.78, 5) is 8.00. The third-order valence-corrected chi connectivity index (χ3v) is 2.87. The summed E-state index contributed by atoms with van der Waals surface area (Å²) < 4.78 is 12.5. The van der Waals surface area contributed by atoms with Gasteiger partial charge in [-0.15, -0.1) is 0 Å². The van der Waals surface area contributed by atoms with E-state index in [1.807, 2.05) is 0 Å². The minimum Gasteiger partial charge on any atom is -0.477 e. The van der Waals surface area contributed by atoms with Crippen LogP contribution < -0.4 is 4.74 Å². The van der Waals surface area contributed by atoms with Crippen LogP contribution in [-0.4, -0.2) is 39.4 Å². The van der Waals surface area contributed by atoms with E-state index >= 15 is 0 Å². The lowest BCUT2D eigenvalue weighted by atomic mass is 10.1. The van der Waals surface area contributed by atoms with E-state index in [-0.39, 0.29) is 0 Å². The van der Waals surface area contributed by atoms with E-state index in [0.717, 1.165) is 19.6 Å². The Morgan fingerprint density at radius 3 is 3.35 bits per heavy atom. The molecule has 90 valence electrons. The largest absolute Gasteiger partial charge is 0.477 e. The summed E-state index contributed by atoms with van der Waals surface area (Å²) in [5.41, 5.74) is 0. The van der Waals surface area contributed by atoms with Gasteiger partial charge in [-0.25, -0.2) is 0 Å². The number of nitrogens with zero attached hydrogens (tertiary/aromatic N) is 4. The Morgan fingerprint density at radius 2 is 2.53 bits per heavy atom. The molecule has 0 radical (unpaired) electrons. The molecule has 1 aliphatic rings. The van der Waals surface area contributed by atoms with Crippen LogP contribution in [0.4, 0.5) is 0 Å². The minimum absolute atomic E-state index is 0.350. The normalized spacial score (nSPS) is 19.9. The quantitative estimate of drug-likeness (QED) is 0.770. The van der Waals surface area contributed by atoms with E-state index in [1.54, 1.807) is 6.07 Å². The van der Waals surface area contributed by atoms with Gasteiger partial charge in [-0.2, -0.15) is 19.6 Å². The predicted molar refractivity (Wildman–Crippen MR) is 60.2 cm³/mol. The average molecular weight is 255 g/mol. The molecule has 1 fully saturated rings. The van der Waals surface area contributed by atoms with Gasteiger partial charge >= 0.3 is 0 Å². The molecule has 0 amide bonds. The Kier molecular flexibility index (Phi) is 2.82. The van der Waals surface area contributed by atoms with Gasteiger partial charge in [0.2, 0.25) is 5.88 Å². The van der Waals surface area contributed by atoms with Crippen LogP contribution >= 0.6 is 11.6 Å². The van der Waals surface area contributed by atoms with Crippen molar-refractivity contribution in [1.29, 1.82) is 0 Å². The first-order valence-electron chi connectivity index (χ1n) is 5.40. The number of halogens is 1. The van der Waals surface area contributed by atoms with Crippen LogP contribution in [0, 0.1) is 5.92 Å². The summed E-state index contributed by atoms with van der Waals surface area (Å²) in [5.74, 6) is 1.43. The number of hydrogen-bond acceptors (Lipinski definition) is 5. The topological polar surface area (TPSA) is 61.5 Å². The van der Waals surface area contributed by atoms with Gasteiger partial charge in [0.15, 0.2) is 0 Å². The Labute approximate surface area is 103 Å². The molecule has 0 bridgehead atoms. The van der Waals surface area contributed by atoms with Crippen molar-refractivity contribution >= 4 is 17.4 Å². The van der Waals surface area contributed by atoms with Gasteiger partial charge < -0.3 is 9.47 Å². The van der Waals surface area contributed by atoms with Gasteiger partial charge in [-0.1, -0.05) is 11.6 Å². The number of hydrogen-bond donors (Lipinski definition) is 0. The summed E-state index contributed by atoms with van der Waals surface area (Å²) in [5, 5.41) is 4.38. The number of ether oxygens (including phenoxy) is 2. The van der Waals surface area contributed by atoms with Gasteiger partial charge in [0.25, 0.3) is 5.78 Å². The molecule has 0 aliphatic carbocycles. The van der Waals surface area contributed by atoms with E-state index < -0.39 is 0 Å². The van der Waals surface area contributed by atoms with E-state index in [1.165, 1.54) is 10.8 Å². The fourth-order valence-corrected chi connectivity index (χ4v) is 1.95. The monoisotopic (exact) mass is 254 g/mol. The average Bonchev–Trinajstić information content (AvgIpc) is 2.95. The van der Waals surface area contributed by atoms with Crippen molar-refractivity contribution in [3.63, 3.8) is 0 Å². The first kappa shape index (κ1) is 10.7. The molecule has 6 nitrogen and oxygen atoms in total. The molecular formula is C10H11ClN4O2. The van der Waals surface area contributed by atoms with Crippen LogP contribution in [-0.2, 0) is 4.74 Å². The molecular weight excluding hydrogens is 244 g/mol. The molecule has 1 atom stereocenters. The third kappa shape index (κ3) is 2.18. The van der Waals surface area contributed by atoms with Crippen molar-refractivity contribution in [3.05, 3.63) is 17.5 Å². The molecule has 2 aromatic heterocycles. The van der Waals surface area contributed by atoms with Crippen LogP contribution in [0.3, 0.4) is 0 Å². The molecule has 0 spiro atoms. The zero-order valence-electron chi connectivity index (χ0n) is 9.04. The second-order valence-corrected chi connectivity index (χ2v) is 4.32. The Hall–Kier alpha value is -1.40. The highest BCUT2D eigenvalue weighted by Gasteiger charge is 2.17. The van der Waals surface area contributed by atoms with E-state index in [4.69, 9.17) is 21.1 Å². The van der Waals surface area contributed by atoms with Crippen molar-refractivity contribution in [2.75, 3.05) is 19.8 Å². The van der Waals surface area contributed by atoms with Gasteiger partial charge in [-0.3, -0.25) is 0 Å². The summed E-state index contributed by atoms with van der Waals surface area (Å²) in [6.45, 7) is 2.15. The van der Waals surface area contributed by atoms with Crippen LogP contribution in [0.2, 0.25) is 5.15 Å². The SMILES string of the molecule is Clc1cc(OCC2CCOC2)n2ncnc2n1. The number of aromatic nitrogens is 4. The van der Waals surface area contributed by atoms with Crippen LogP contribution in [0.5, 0.6) is 5.88 Å². The molecule has 0 N–H and O–H groups in total. The second-order valence-electron chi connectivity index (χ2n) is 3.93. The van der Waals surface area contributed by atoms with Crippen molar-refractivity contribution < 1.29 is 9.47 Å². The summed E-state index contributed by atoms with van der Waals surface area (Å²) in [7, 11) is 0. The van der Waals surface area contributed by atoms with Crippen molar-refractivity contribution in [2.45, 2.75) is 6.42 Å². The Balaban J connectivity index is 1.81. The maximum atomic E-state index is 5.88. The van der Waals surface area contributed by atoms with Crippen LogP contribution in [0.1, 0.15) is 6.42 Å². The molecule has 17 heavy (non-hydrogen) atoms. The molecule has 1 saturated heterocycles. The Bertz CT molecular complexity index is 524. The molecule has 1 unspecified atom stereocenters. The molecule has 1 aliphatic heterocycles. The lowest BCUT2D eigenvalue weighted by molar-refractivity contribution is 0.164. The summed E-state index contributed by atoms with van der Waals surface area (Å²) in [6, 6.07) is 1.64. The lowest BCUT2D eigenvalue weighted by Crippen LogP contribution is -2.13. The van der Waals surface area contributed by atoms with Gasteiger partial charge in [-0.05, 0) is 6.42 Å². The van der Waals surface area contributed by atoms with Crippen molar-refractivity contribution in [1.82, 2.24) is 19.6 Å². The summed E-state index contributed by atoms with van der Waals surface area (Å²) in [6.07, 6.45) is 2.45. The van der Waals surface area contributed by atoms with Crippen LogP contribution in [0.15, 0.2) is 12.4 Å². The highest BCUT2D eigenvalue weighted by atomic mass is 35.5. The molecule has 2 aromatic rings. The van der Waals surface area contributed by atoms with Gasteiger partial charge in [0, 0.05) is 18.6 Å². The lowest BCUT2D eigenvalue weighted by Gasteiger charge is -2.10. The number of fused-ring (bicyclic) bond motifs is 1. The fourth-order valence-electron chi connectivity index (χ4n) is 1.78. The van der Waals surface area contributed by atoms with E-state index in [9.17, 15) is 0 Å². The molecule has 3 heterocycles. The van der Waals surface area contributed by atoms with Gasteiger partial charge in [0.05, 0.1) is 13.2 Å². The van der Waals surface area contributed by atoms with E-state index in [2.05, 4.69) is 15.1 Å².